The van der Waals surface area contributed by atoms with Crippen LogP contribution in [0.5, 0.6) is 11.5 Å². The first-order valence-electron chi connectivity index (χ1n) is 20.2. The molecule has 1 spiro atoms. The van der Waals surface area contributed by atoms with Crippen LogP contribution in [-0.2, 0) is 5.41 Å². The maximum atomic E-state index is 7.09. The van der Waals surface area contributed by atoms with Gasteiger partial charge >= 0.3 is 0 Å². The Kier molecular flexibility index (Phi) is 6.81. The summed E-state index contributed by atoms with van der Waals surface area (Å²) in [4.78, 5) is 2.38. The van der Waals surface area contributed by atoms with Crippen LogP contribution in [0.15, 0.2) is 206 Å². The molecule has 0 radical (unpaired) electrons. The largest absolute Gasteiger partial charge is 0.457 e. The van der Waals surface area contributed by atoms with E-state index in [1.807, 2.05) is 11.3 Å². The molecule has 1 unspecified atom stereocenters. The minimum atomic E-state index is -0.625. The summed E-state index contributed by atoms with van der Waals surface area (Å²) in [6, 6.07) is 75.3. The van der Waals surface area contributed by atoms with Crippen molar-refractivity contribution in [1.29, 1.82) is 0 Å². The Hall–Kier alpha value is -7.40. The Bertz CT molecular complexity index is 3490. The van der Waals surface area contributed by atoms with Gasteiger partial charge < -0.3 is 14.2 Å². The van der Waals surface area contributed by atoms with Crippen LogP contribution in [0, 0.1) is 0 Å². The number of hydrogen-bond acceptors (Lipinski definition) is 3. The Labute approximate surface area is 345 Å². The molecule has 9 aromatic carbocycles. The lowest BCUT2D eigenvalue weighted by Gasteiger charge is -2.45. The van der Waals surface area contributed by atoms with E-state index in [0.717, 1.165) is 39.7 Å². The molecule has 2 aliphatic heterocycles. The summed E-state index contributed by atoms with van der Waals surface area (Å²) in [6.07, 6.45) is 0. The fourth-order valence-electron chi connectivity index (χ4n) is 10.2. The molecule has 0 bridgehead atoms. The normalized spacial score (nSPS) is 15.0. The summed E-state index contributed by atoms with van der Waals surface area (Å²) in [7, 11) is 0. The van der Waals surface area contributed by atoms with E-state index in [9.17, 15) is 0 Å². The van der Waals surface area contributed by atoms with E-state index in [0.29, 0.717) is 0 Å². The van der Waals surface area contributed by atoms with Crippen LogP contribution < -0.4 is 9.64 Å². The van der Waals surface area contributed by atoms with Crippen molar-refractivity contribution in [3.05, 3.63) is 229 Å². The maximum Gasteiger partial charge on any atom is 0.134 e. The van der Waals surface area contributed by atoms with E-state index < -0.39 is 5.41 Å². The predicted molar refractivity (Wildman–Crippen MR) is 246 cm³/mol. The monoisotopic (exact) mass is 770 g/mol. The zero-order valence-corrected chi connectivity index (χ0v) is 32.7. The molecule has 0 saturated carbocycles. The molecule has 0 amide bonds. The van der Waals surface area contributed by atoms with Gasteiger partial charge in [0.25, 0.3) is 0 Å². The molecule has 59 heavy (non-hydrogen) atoms. The van der Waals surface area contributed by atoms with Crippen molar-refractivity contribution < 1.29 is 4.74 Å². The number of para-hydroxylation sites is 4. The van der Waals surface area contributed by atoms with Crippen LogP contribution in [0.3, 0.4) is 0 Å². The van der Waals surface area contributed by atoms with E-state index in [2.05, 4.69) is 216 Å². The quantitative estimate of drug-likeness (QED) is 0.177. The second kappa shape index (κ2) is 12.3. The molecule has 4 heteroatoms. The first kappa shape index (κ1) is 32.7. The number of thiophene rings is 1. The number of benzene rings is 9. The number of ether oxygens (including phenoxy) is 1. The molecule has 13 rings (SSSR count). The highest BCUT2D eigenvalue weighted by Gasteiger charge is 2.50. The fraction of sp³-hybridized carbons (Fsp3) is 0.0182. The van der Waals surface area contributed by atoms with Crippen LogP contribution in [0.1, 0.15) is 22.3 Å². The third kappa shape index (κ3) is 4.52. The molecule has 4 heterocycles. The minimum Gasteiger partial charge on any atom is -0.457 e. The molecule has 0 saturated heterocycles. The smallest absolute Gasteiger partial charge is 0.134 e. The molecule has 1 atom stereocenters. The lowest BCUT2D eigenvalue weighted by Crippen LogP contribution is -2.37. The molecular weight excluding hydrogens is 737 g/mol. The zero-order valence-electron chi connectivity index (χ0n) is 31.8. The number of rotatable bonds is 4. The van der Waals surface area contributed by atoms with E-state index in [1.165, 1.54) is 69.9 Å². The van der Waals surface area contributed by atoms with Gasteiger partial charge in [-0.15, -0.1) is 11.3 Å². The highest BCUT2D eigenvalue weighted by molar-refractivity contribution is 7.25. The van der Waals surface area contributed by atoms with Crippen LogP contribution >= 0.6 is 11.3 Å². The van der Waals surface area contributed by atoms with Crippen LogP contribution in [0.2, 0.25) is 0 Å². The molecule has 276 valence electrons. The molecule has 3 nitrogen and oxygen atoms in total. The molecule has 0 N–H and O–H groups in total. The molecule has 0 fully saturated rings. The van der Waals surface area contributed by atoms with Gasteiger partial charge in [-0.2, -0.15) is 0 Å². The van der Waals surface area contributed by atoms with Crippen molar-refractivity contribution >= 4 is 70.4 Å². The Morgan fingerprint density at radius 3 is 1.93 bits per heavy atom. The van der Waals surface area contributed by atoms with Crippen LogP contribution in [0.4, 0.5) is 17.1 Å². The van der Waals surface area contributed by atoms with Crippen molar-refractivity contribution in [1.82, 2.24) is 4.57 Å². The van der Waals surface area contributed by atoms with Crippen molar-refractivity contribution in [2.75, 3.05) is 4.90 Å². The van der Waals surface area contributed by atoms with Gasteiger partial charge in [-0.05, 0) is 82.9 Å². The second-order valence-electron chi connectivity index (χ2n) is 15.6. The van der Waals surface area contributed by atoms with Crippen LogP contribution in [-0.4, -0.2) is 4.57 Å². The SMILES string of the molecule is c1ccc(-c2ccc(N(c3ccc4c(c3)Oc3ccccc3C43c4ccccc4-n4c5ccccc5c5cccc3c54)c3ccc4sc5ccccc5c4c3)cc2)cc1. The first-order chi connectivity index (χ1) is 29.3. The number of fused-ring (bicyclic) bond motifs is 14. The fourth-order valence-corrected chi connectivity index (χ4v) is 11.3. The molecule has 2 aliphatic rings. The first-order valence-corrected chi connectivity index (χ1v) is 21.0. The van der Waals surface area contributed by atoms with E-state index in [4.69, 9.17) is 4.74 Å². The number of nitrogens with zero attached hydrogens (tertiary/aromatic N) is 2. The molecule has 11 aromatic rings. The van der Waals surface area contributed by atoms with Crippen molar-refractivity contribution in [2.24, 2.45) is 0 Å². The van der Waals surface area contributed by atoms with Gasteiger partial charge in [0.2, 0.25) is 0 Å². The predicted octanol–water partition coefficient (Wildman–Crippen LogP) is 15.1. The summed E-state index contributed by atoms with van der Waals surface area (Å²) in [5.41, 5.74) is 13.4. The van der Waals surface area contributed by atoms with Gasteiger partial charge in [0.05, 0.1) is 22.1 Å². The topological polar surface area (TPSA) is 17.4 Å². The maximum absolute atomic E-state index is 7.09. The van der Waals surface area contributed by atoms with Gasteiger partial charge in [-0.25, -0.2) is 0 Å². The summed E-state index contributed by atoms with van der Waals surface area (Å²) >= 11 is 1.85. The lowest BCUT2D eigenvalue weighted by atomic mass is 9.62. The minimum absolute atomic E-state index is 0.625. The highest BCUT2D eigenvalue weighted by Crippen LogP contribution is 2.61. The van der Waals surface area contributed by atoms with E-state index in [-0.39, 0.29) is 0 Å². The standard InChI is InChI=1S/C55H34N2OS/c1-2-13-35(14-3-1)36-25-27-37(28-26-36)56(38-30-32-53-43(33-38)41-16-5-11-24-52(41)59-53)39-29-31-46-51(34-39)58-50-23-10-7-19-45(50)55(46)44-18-6-9-22-49(44)57-48-21-8-4-15-40(48)42-17-12-20-47(55)54(42)57/h1-34H. The van der Waals surface area contributed by atoms with E-state index in [1.54, 1.807) is 0 Å². The summed E-state index contributed by atoms with van der Waals surface area (Å²) in [5.74, 6) is 1.73. The van der Waals surface area contributed by atoms with Gasteiger partial charge in [0.1, 0.15) is 11.5 Å². The zero-order chi connectivity index (χ0) is 38.7. The number of anilines is 3. The van der Waals surface area contributed by atoms with Crippen molar-refractivity contribution in [3.63, 3.8) is 0 Å². The Morgan fingerprint density at radius 2 is 1.03 bits per heavy atom. The highest BCUT2D eigenvalue weighted by atomic mass is 32.1. The van der Waals surface area contributed by atoms with Gasteiger partial charge in [0.15, 0.2) is 0 Å². The molecule has 2 aromatic heterocycles. The third-order valence-corrected chi connectivity index (χ3v) is 13.8. The lowest BCUT2D eigenvalue weighted by molar-refractivity contribution is 0.434. The molecule has 0 aliphatic carbocycles. The Balaban J connectivity index is 1.07. The van der Waals surface area contributed by atoms with Crippen molar-refractivity contribution in [3.8, 4) is 28.3 Å². The number of aromatic nitrogens is 1. The second-order valence-corrected chi connectivity index (χ2v) is 16.7. The summed E-state index contributed by atoms with van der Waals surface area (Å²) in [6.45, 7) is 0. The van der Waals surface area contributed by atoms with Crippen LogP contribution in [0.25, 0.3) is 58.8 Å². The van der Waals surface area contributed by atoms with Gasteiger partial charge in [0, 0.05) is 65.2 Å². The summed E-state index contributed by atoms with van der Waals surface area (Å²) in [5, 5.41) is 5.06. The van der Waals surface area contributed by atoms with E-state index >= 15 is 0 Å². The van der Waals surface area contributed by atoms with Crippen molar-refractivity contribution in [2.45, 2.75) is 5.41 Å². The van der Waals surface area contributed by atoms with Gasteiger partial charge in [-0.1, -0.05) is 140 Å². The summed E-state index contributed by atoms with van der Waals surface area (Å²) < 4.78 is 12.1. The average Bonchev–Trinajstić information content (AvgIpc) is 3.85. The van der Waals surface area contributed by atoms with Gasteiger partial charge in [-0.3, -0.25) is 0 Å². The molecular formula is C55H34N2OS. The number of hydrogen-bond donors (Lipinski definition) is 0. The third-order valence-electron chi connectivity index (χ3n) is 12.6. The Morgan fingerprint density at radius 1 is 0.407 bits per heavy atom. The average molecular weight is 771 g/mol.